The van der Waals surface area contributed by atoms with Gasteiger partial charge in [-0.3, -0.25) is 4.79 Å². The van der Waals surface area contributed by atoms with Crippen LogP contribution in [0.1, 0.15) is 34.0 Å². The lowest BCUT2D eigenvalue weighted by atomic mass is 10.0. The average Bonchev–Trinajstić information content (AvgIpc) is 2.53. The summed E-state index contributed by atoms with van der Waals surface area (Å²) < 4.78 is 0. The maximum Gasteiger partial charge on any atom is 0.251 e. The van der Waals surface area contributed by atoms with Crippen LogP contribution in [0.25, 0.3) is 0 Å². The van der Waals surface area contributed by atoms with E-state index in [-0.39, 0.29) is 5.91 Å². The summed E-state index contributed by atoms with van der Waals surface area (Å²) in [4.78, 5) is 11.8. The van der Waals surface area contributed by atoms with Gasteiger partial charge in [-0.15, -0.1) is 0 Å². The third-order valence-electron chi connectivity index (χ3n) is 3.77. The van der Waals surface area contributed by atoms with Crippen molar-refractivity contribution in [2.24, 2.45) is 0 Å². The average molecular weight is 282 g/mol. The van der Waals surface area contributed by atoms with E-state index in [9.17, 15) is 4.79 Å². The maximum absolute atomic E-state index is 11.8. The highest BCUT2D eigenvalue weighted by Gasteiger charge is 2.10. The Morgan fingerprint density at radius 2 is 1.76 bits per heavy atom. The van der Waals surface area contributed by atoms with Crippen molar-refractivity contribution in [1.82, 2.24) is 5.32 Å². The van der Waals surface area contributed by atoms with E-state index < -0.39 is 0 Å². The first-order valence-electron chi connectivity index (χ1n) is 7.29. The fourth-order valence-electron chi connectivity index (χ4n) is 2.47. The number of aryl methyl sites for hydroxylation is 1. The summed E-state index contributed by atoms with van der Waals surface area (Å²) in [6, 6.07) is 14.2. The molecule has 2 aromatic rings. The van der Waals surface area contributed by atoms with Crippen molar-refractivity contribution in [2.75, 3.05) is 12.4 Å². The number of rotatable bonds is 5. The zero-order valence-corrected chi connectivity index (χ0v) is 12.9. The predicted molar refractivity (Wildman–Crippen MR) is 87.7 cm³/mol. The second-order valence-electron chi connectivity index (χ2n) is 5.03. The van der Waals surface area contributed by atoms with Crippen LogP contribution in [0, 0.1) is 6.92 Å². The molecule has 110 valence electrons. The lowest BCUT2D eigenvalue weighted by Gasteiger charge is -2.14. The van der Waals surface area contributed by atoms with Gasteiger partial charge in [-0.25, -0.2) is 0 Å². The summed E-state index contributed by atoms with van der Waals surface area (Å²) in [5.41, 5.74) is 5.34. The van der Waals surface area contributed by atoms with Crippen molar-refractivity contribution in [3.8, 4) is 0 Å². The standard InChI is InChI=1S/C18H22N2O/c1-4-14-8-5-6-9-15(14)12-20-17-11-7-10-16(13(17)2)18(21)19-3/h5-11,20H,4,12H2,1-3H3,(H,19,21). The molecule has 2 rings (SSSR count). The molecule has 2 N–H and O–H groups in total. The zero-order chi connectivity index (χ0) is 15.2. The quantitative estimate of drug-likeness (QED) is 0.881. The van der Waals surface area contributed by atoms with E-state index in [0.717, 1.165) is 24.2 Å². The molecule has 0 saturated carbocycles. The van der Waals surface area contributed by atoms with Gasteiger partial charge in [0, 0.05) is 24.8 Å². The molecule has 0 atom stereocenters. The second kappa shape index (κ2) is 6.93. The predicted octanol–water partition coefficient (Wildman–Crippen LogP) is 3.53. The van der Waals surface area contributed by atoms with Crippen LogP contribution in [0.4, 0.5) is 5.69 Å². The van der Waals surface area contributed by atoms with E-state index in [0.29, 0.717) is 5.56 Å². The molecule has 0 bridgehead atoms. The van der Waals surface area contributed by atoms with Crippen molar-refractivity contribution in [2.45, 2.75) is 26.8 Å². The Balaban J connectivity index is 2.19. The van der Waals surface area contributed by atoms with Gasteiger partial charge in [0.15, 0.2) is 0 Å². The highest BCUT2D eigenvalue weighted by molar-refractivity contribution is 5.96. The number of anilines is 1. The Morgan fingerprint density at radius 1 is 1.05 bits per heavy atom. The molecule has 0 aliphatic carbocycles. The van der Waals surface area contributed by atoms with E-state index >= 15 is 0 Å². The largest absolute Gasteiger partial charge is 0.381 e. The Morgan fingerprint density at radius 3 is 2.43 bits per heavy atom. The number of benzene rings is 2. The van der Waals surface area contributed by atoms with Gasteiger partial charge in [0.2, 0.25) is 0 Å². The molecule has 0 radical (unpaired) electrons. The molecule has 0 aromatic heterocycles. The highest BCUT2D eigenvalue weighted by Crippen LogP contribution is 2.20. The molecule has 0 aliphatic heterocycles. The van der Waals surface area contributed by atoms with Crippen LogP contribution in [0.5, 0.6) is 0 Å². The third-order valence-corrected chi connectivity index (χ3v) is 3.77. The minimum absolute atomic E-state index is 0.0508. The molecule has 0 unspecified atom stereocenters. The minimum Gasteiger partial charge on any atom is -0.381 e. The van der Waals surface area contributed by atoms with Crippen LogP contribution in [0.3, 0.4) is 0 Å². The first-order chi connectivity index (χ1) is 10.2. The molecule has 0 spiro atoms. The van der Waals surface area contributed by atoms with E-state index in [1.807, 2.05) is 25.1 Å². The van der Waals surface area contributed by atoms with E-state index in [2.05, 4.69) is 41.8 Å². The fraction of sp³-hybridized carbons (Fsp3) is 0.278. The Bertz CT molecular complexity index is 635. The fourth-order valence-corrected chi connectivity index (χ4v) is 2.47. The van der Waals surface area contributed by atoms with Gasteiger partial charge in [-0.2, -0.15) is 0 Å². The molecule has 0 saturated heterocycles. The molecule has 2 aromatic carbocycles. The highest BCUT2D eigenvalue weighted by atomic mass is 16.1. The van der Waals surface area contributed by atoms with Gasteiger partial charge in [0.25, 0.3) is 5.91 Å². The molecular formula is C18H22N2O. The minimum atomic E-state index is -0.0508. The van der Waals surface area contributed by atoms with Crippen molar-refractivity contribution < 1.29 is 4.79 Å². The first-order valence-corrected chi connectivity index (χ1v) is 7.29. The third kappa shape index (κ3) is 3.43. The Hall–Kier alpha value is -2.29. The molecular weight excluding hydrogens is 260 g/mol. The number of amides is 1. The Kier molecular flexibility index (Phi) is 4.99. The zero-order valence-electron chi connectivity index (χ0n) is 12.9. The van der Waals surface area contributed by atoms with E-state index in [4.69, 9.17) is 0 Å². The first kappa shape index (κ1) is 15.1. The molecule has 0 heterocycles. The molecule has 3 nitrogen and oxygen atoms in total. The summed E-state index contributed by atoms with van der Waals surface area (Å²) >= 11 is 0. The van der Waals surface area contributed by atoms with Gasteiger partial charge < -0.3 is 10.6 Å². The lowest BCUT2D eigenvalue weighted by Crippen LogP contribution is -2.19. The van der Waals surface area contributed by atoms with Gasteiger partial charge >= 0.3 is 0 Å². The van der Waals surface area contributed by atoms with Gasteiger partial charge in [-0.1, -0.05) is 37.3 Å². The van der Waals surface area contributed by atoms with Crippen LogP contribution >= 0.6 is 0 Å². The number of hydrogen-bond acceptors (Lipinski definition) is 2. The van der Waals surface area contributed by atoms with E-state index in [1.165, 1.54) is 11.1 Å². The number of carbonyl (C=O) groups excluding carboxylic acids is 1. The number of hydrogen-bond donors (Lipinski definition) is 2. The molecule has 21 heavy (non-hydrogen) atoms. The molecule has 0 fully saturated rings. The summed E-state index contributed by atoms with van der Waals surface area (Å²) in [5.74, 6) is -0.0508. The van der Waals surface area contributed by atoms with Crippen LogP contribution < -0.4 is 10.6 Å². The number of carbonyl (C=O) groups is 1. The SMILES string of the molecule is CCc1ccccc1CNc1cccc(C(=O)NC)c1C. The summed E-state index contributed by atoms with van der Waals surface area (Å²) in [5, 5.41) is 6.12. The topological polar surface area (TPSA) is 41.1 Å². The van der Waals surface area contributed by atoms with Crippen LogP contribution in [-0.2, 0) is 13.0 Å². The van der Waals surface area contributed by atoms with Crippen molar-refractivity contribution in [1.29, 1.82) is 0 Å². The monoisotopic (exact) mass is 282 g/mol. The van der Waals surface area contributed by atoms with Crippen molar-refractivity contribution >= 4 is 11.6 Å². The van der Waals surface area contributed by atoms with Gasteiger partial charge in [0.05, 0.1) is 0 Å². The number of nitrogens with one attached hydrogen (secondary N) is 2. The smallest absolute Gasteiger partial charge is 0.251 e. The van der Waals surface area contributed by atoms with Crippen LogP contribution in [-0.4, -0.2) is 13.0 Å². The summed E-state index contributed by atoms with van der Waals surface area (Å²) in [7, 11) is 1.65. The van der Waals surface area contributed by atoms with Gasteiger partial charge in [0.1, 0.15) is 0 Å². The Labute approximate surface area is 126 Å². The normalized spacial score (nSPS) is 10.2. The summed E-state index contributed by atoms with van der Waals surface area (Å²) in [6.45, 7) is 4.90. The summed E-state index contributed by atoms with van der Waals surface area (Å²) in [6.07, 6.45) is 1.02. The van der Waals surface area contributed by atoms with Crippen molar-refractivity contribution in [3.05, 3.63) is 64.7 Å². The van der Waals surface area contributed by atoms with Crippen molar-refractivity contribution in [3.63, 3.8) is 0 Å². The lowest BCUT2D eigenvalue weighted by molar-refractivity contribution is 0.0962. The molecule has 3 heteroatoms. The molecule has 1 amide bonds. The van der Waals surface area contributed by atoms with Gasteiger partial charge in [-0.05, 0) is 42.2 Å². The second-order valence-corrected chi connectivity index (χ2v) is 5.03. The van der Waals surface area contributed by atoms with E-state index in [1.54, 1.807) is 7.05 Å². The molecule has 0 aliphatic rings. The van der Waals surface area contributed by atoms with Crippen LogP contribution in [0.15, 0.2) is 42.5 Å². The maximum atomic E-state index is 11.8. The van der Waals surface area contributed by atoms with Crippen LogP contribution in [0.2, 0.25) is 0 Å².